The van der Waals surface area contributed by atoms with Crippen LogP contribution >= 0.6 is 0 Å². The third-order valence-electron chi connectivity index (χ3n) is 11.1. The highest BCUT2D eigenvalue weighted by atomic mass is 14.6. The van der Waals surface area contributed by atoms with Gasteiger partial charge in [-0.2, -0.15) is 0 Å². The number of pyridine rings is 4. The molecule has 4 nitrogen and oxygen atoms in total. The molecule has 0 saturated carbocycles. The molecule has 0 aliphatic carbocycles. The van der Waals surface area contributed by atoms with Gasteiger partial charge in [0.1, 0.15) is 0 Å². The van der Waals surface area contributed by atoms with Crippen molar-refractivity contribution in [3.63, 3.8) is 0 Å². The van der Waals surface area contributed by atoms with Gasteiger partial charge >= 0.3 is 0 Å². The van der Waals surface area contributed by atoms with Gasteiger partial charge in [-0.05, 0) is 201 Å². The maximum absolute atomic E-state index is 4.33. The summed E-state index contributed by atoms with van der Waals surface area (Å²) in [6.45, 7) is 6.88. The zero-order chi connectivity index (χ0) is 37.8. The zero-order valence-electron chi connectivity index (χ0n) is 31.5. The SMILES string of the molecule is CC(C)(C)c1cc2ccc3c(-c4cc(-c5ccncc5)cc(-c5ccncc5)c4)cc(-c4cc(-c5ccncc5)cc(-c5ccncc5)c4)c4ccc(c1)c2c34. The smallest absolute Gasteiger partial charge is 0.0273 e. The van der Waals surface area contributed by atoms with Gasteiger partial charge in [0.15, 0.2) is 0 Å². The highest BCUT2D eigenvalue weighted by Gasteiger charge is 2.21. The Bertz CT molecular complexity index is 2720. The first kappa shape index (κ1) is 33.5. The summed E-state index contributed by atoms with van der Waals surface area (Å²) < 4.78 is 0. The van der Waals surface area contributed by atoms with Gasteiger partial charge < -0.3 is 0 Å². The lowest BCUT2D eigenvalue weighted by atomic mass is 9.81. The first-order chi connectivity index (χ1) is 27.4. The Morgan fingerprint density at radius 1 is 0.304 bits per heavy atom. The van der Waals surface area contributed by atoms with Gasteiger partial charge in [-0.3, -0.25) is 19.9 Å². The first-order valence-corrected chi connectivity index (χ1v) is 19.1. The van der Waals surface area contributed by atoms with E-state index in [0.717, 1.165) is 55.6 Å². The van der Waals surface area contributed by atoms with Gasteiger partial charge in [0, 0.05) is 49.6 Å². The molecule has 56 heavy (non-hydrogen) atoms. The molecule has 4 aromatic heterocycles. The average molecular weight is 719 g/mol. The van der Waals surface area contributed by atoms with Crippen LogP contribution in [0.5, 0.6) is 0 Å². The van der Waals surface area contributed by atoms with Crippen LogP contribution in [0, 0.1) is 0 Å². The lowest BCUT2D eigenvalue weighted by Crippen LogP contribution is -2.10. The normalized spacial score (nSPS) is 11.8. The van der Waals surface area contributed by atoms with Gasteiger partial charge in [-0.15, -0.1) is 0 Å². The van der Waals surface area contributed by atoms with Gasteiger partial charge in [-0.1, -0.05) is 57.2 Å². The summed E-state index contributed by atoms with van der Waals surface area (Å²) in [5, 5.41) is 7.58. The molecule has 0 aliphatic heterocycles. The van der Waals surface area contributed by atoms with Crippen molar-refractivity contribution in [2.24, 2.45) is 0 Å². The molecule has 0 fully saturated rings. The Balaban J connectivity index is 1.32. The highest BCUT2D eigenvalue weighted by molar-refractivity contribution is 6.28. The molecule has 10 rings (SSSR count). The molecule has 0 N–H and O–H groups in total. The molecule has 10 aromatic rings. The fourth-order valence-electron chi connectivity index (χ4n) is 8.24. The van der Waals surface area contributed by atoms with Crippen molar-refractivity contribution >= 4 is 32.3 Å². The molecule has 6 aromatic carbocycles. The van der Waals surface area contributed by atoms with Crippen molar-refractivity contribution in [1.29, 1.82) is 0 Å². The van der Waals surface area contributed by atoms with E-state index in [9.17, 15) is 0 Å². The van der Waals surface area contributed by atoms with Crippen LogP contribution in [0.3, 0.4) is 0 Å². The van der Waals surface area contributed by atoms with E-state index in [1.165, 1.54) is 49.0 Å². The van der Waals surface area contributed by atoms with E-state index in [1.54, 1.807) is 0 Å². The van der Waals surface area contributed by atoms with E-state index in [4.69, 9.17) is 0 Å². The van der Waals surface area contributed by atoms with Crippen molar-refractivity contribution in [3.8, 4) is 66.8 Å². The predicted molar refractivity (Wildman–Crippen MR) is 233 cm³/mol. The molecule has 0 bridgehead atoms. The molecular formula is C52H38N4. The summed E-state index contributed by atoms with van der Waals surface area (Å²) in [6, 6.07) is 47.1. The largest absolute Gasteiger partial charge is 0.265 e. The van der Waals surface area contributed by atoms with Crippen molar-refractivity contribution < 1.29 is 0 Å². The van der Waals surface area contributed by atoms with Crippen LogP contribution in [0.15, 0.2) is 177 Å². The number of hydrogen-bond acceptors (Lipinski definition) is 4. The van der Waals surface area contributed by atoms with Gasteiger partial charge in [-0.25, -0.2) is 0 Å². The molecule has 0 atom stereocenters. The zero-order valence-corrected chi connectivity index (χ0v) is 31.5. The molecule has 0 amide bonds. The monoisotopic (exact) mass is 718 g/mol. The third-order valence-corrected chi connectivity index (χ3v) is 11.1. The predicted octanol–water partition coefficient (Wildman–Crippen LogP) is 13.5. The van der Waals surface area contributed by atoms with Crippen LogP contribution in [0.25, 0.3) is 99.1 Å². The van der Waals surface area contributed by atoms with Crippen molar-refractivity contribution in [2.75, 3.05) is 0 Å². The molecular weight excluding hydrogens is 681 g/mol. The minimum atomic E-state index is 0.0221. The summed E-state index contributed by atoms with van der Waals surface area (Å²) >= 11 is 0. The standard InChI is InChI=1S/C52H38N4/c1-52(2,3)45-30-37-4-6-46-48(43-26-39(33-8-16-53-17-9-33)24-40(27-43)34-10-18-54-19-11-34)32-49(47-7-5-38(31-45)50(37)51(46)47)44-28-41(35-12-20-55-21-13-35)25-42(29-44)36-14-22-56-23-15-36/h4-32H,1-3H3. The second kappa shape index (κ2) is 13.4. The summed E-state index contributed by atoms with van der Waals surface area (Å²) in [4.78, 5) is 17.3. The Morgan fingerprint density at radius 3 is 0.946 bits per heavy atom. The van der Waals surface area contributed by atoms with Gasteiger partial charge in [0.2, 0.25) is 0 Å². The van der Waals surface area contributed by atoms with E-state index < -0.39 is 0 Å². The molecule has 0 spiro atoms. The Hall–Kier alpha value is -7.04. The van der Waals surface area contributed by atoms with Gasteiger partial charge in [0.05, 0.1) is 0 Å². The lowest BCUT2D eigenvalue weighted by Gasteiger charge is -2.23. The number of aromatic nitrogens is 4. The number of rotatable bonds is 6. The molecule has 0 unspecified atom stereocenters. The number of benzene rings is 6. The minimum Gasteiger partial charge on any atom is -0.265 e. The van der Waals surface area contributed by atoms with Crippen molar-refractivity contribution in [2.45, 2.75) is 26.2 Å². The molecule has 4 heterocycles. The van der Waals surface area contributed by atoms with Crippen LogP contribution in [0.4, 0.5) is 0 Å². The maximum Gasteiger partial charge on any atom is 0.0273 e. The number of nitrogens with zero attached hydrogens (tertiary/aromatic N) is 4. The Labute approximate surface area is 326 Å². The highest BCUT2D eigenvalue weighted by Crippen LogP contribution is 2.47. The molecule has 0 radical (unpaired) electrons. The van der Waals surface area contributed by atoms with E-state index in [1.807, 2.05) is 49.6 Å². The van der Waals surface area contributed by atoms with Crippen LogP contribution in [0.2, 0.25) is 0 Å². The minimum absolute atomic E-state index is 0.0221. The van der Waals surface area contributed by atoms with E-state index in [2.05, 4.69) is 168 Å². The summed E-state index contributed by atoms with van der Waals surface area (Å²) in [6.07, 6.45) is 14.9. The van der Waals surface area contributed by atoms with Crippen LogP contribution < -0.4 is 0 Å². The first-order valence-electron chi connectivity index (χ1n) is 19.1. The van der Waals surface area contributed by atoms with Gasteiger partial charge in [0.25, 0.3) is 0 Å². The van der Waals surface area contributed by atoms with E-state index in [-0.39, 0.29) is 5.41 Å². The Kier molecular flexibility index (Phi) is 8.00. The molecule has 0 aliphatic rings. The molecule has 4 heteroatoms. The molecule has 266 valence electrons. The van der Waals surface area contributed by atoms with E-state index >= 15 is 0 Å². The third kappa shape index (κ3) is 5.96. The van der Waals surface area contributed by atoms with Crippen molar-refractivity contribution in [1.82, 2.24) is 19.9 Å². The fraction of sp³-hybridized carbons (Fsp3) is 0.0769. The Morgan fingerprint density at radius 2 is 0.625 bits per heavy atom. The quantitative estimate of drug-likeness (QED) is 0.161. The second-order valence-corrected chi connectivity index (χ2v) is 15.7. The lowest BCUT2D eigenvalue weighted by molar-refractivity contribution is 0.591. The molecule has 0 saturated heterocycles. The van der Waals surface area contributed by atoms with Crippen LogP contribution in [-0.4, -0.2) is 19.9 Å². The van der Waals surface area contributed by atoms with Crippen molar-refractivity contribution in [3.05, 3.63) is 183 Å². The topological polar surface area (TPSA) is 51.6 Å². The van der Waals surface area contributed by atoms with E-state index in [0.29, 0.717) is 0 Å². The van der Waals surface area contributed by atoms with Crippen LogP contribution in [-0.2, 0) is 5.41 Å². The second-order valence-electron chi connectivity index (χ2n) is 15.7. The maximum atomic E-state index is 4.33. The summed E-state index contributed by atoms with van der Waals surface area (Å²) in [5.41, 5.74) is 15.1. The average Bonchev–Trinajstić information content (AvgIpc) is 3.25. The van der Waals surface area contributed by atoms with Crippen LogP contribution in [0.1, 0.15) is 26.3 Å². The summed E-state index contributed by atoms with van der Waals surface area (Å²) in [5.74, 6) is 0. The summed E-state index contributed by atoms with van der Waals surface area (Å²) in [7, 11) is 0. The number of hydrogen-bond donors (Lipinski definition) is 0. The fourth-order valence-corrected chi connectivity index (χ4v) is 8.24.